The van der Waals surface area contributed by atoms with E-state index in [0.717, 1.165) is 25.7 Å². The molecule has 112 valence electrons. The van der Waals surface area contributed by atoms with Crippen molar-refractivity contribution in [3.8, 4) is 0 Å². The molecule has 1 fully saturated rings. The fourth-order valence-corrected chi connectivity index (χ4v) is 3.67. The maximum Gasteiger partial charge on any atom is 0.0242 e. The lowest BCUT2D eigenvalue weighted by Gasteiger charge is -2.35. The highest BCUT2D eigenvalue weighted by Gasteiger charge is 2.21. The van der Waals surface area contributed by atoms with Gasteiger partial charge in [0.25, 0.3) is 0 Å². The van der Waals surface area contributed by atoms with Crippen molar-refractivity contribution in [1.29, 1.82) is 0 Å². The largest absolute Gasteiger partial charge is 0.329 e. The van der Waals surface area contributed by atoms with E-state index >= 15 is 0 Å². The van der Waals surface area contributed by atoms with Crippen molar-refractivity contribution in [2.45, 2.75) is 65.5 Å². The lowest BCUT2D eigenvalue weighted by atomic mass is 9.92. The summed E-state index contributed by atoms with van der Waals surface area (Å²) in [4.78, 5) is 2.63. The van der Waals surface area contributed by atoms with Gasteiger partial charge in [0.05, 0.1) is 0 Å². The summed E-state index contributed by atoms with van der Waals surface area (Å²) >= 11 is 0. The van der Waals surface area contributed by atoms with Crippen LogP contribution in [0.1, 0.15) is 54.4 Å². The van der Waals surface area contributed by atoms with Crippen LogP contribution in [0.4, 0.5) is 0 Å². The summed E-state index contributed by atoms with van der Waals surface area (Å²) in [6.07, 6.45) is 6.89. The van der Waals surface area contributed by atoms with Gasteiger partial charge in [-0.1, -0.05) is 37.0 Å². The Morgan fingerprint density at radius 1 is 1.05 bits per heavy atom. The number of nitrogens with zero attached hydrogens (tertiary/aromatic N) is 1. The molecule has 1 aromatic carbocycles. The monoisotopic (exact) mass is 274 g/mol. The van der Waals surface area contributed by atoms with Gasteiger partial charge in [-0.2, -0.15) is 0 Å². The predicted molar refractivity (Wildman–Crippen MR) is 87.0 cm³/mol. The molecule has 2 N–H and O–H groups in total. The van der Waals surface area contributed by atoms with Gasteiger partial charge in [-0.25, -0.2) is 0 Å². The van der Waals surface area contributed by atoms with Crippen LogP contribution in [-0.4, -0.2) is 24.0 Å². The summed E-state index contributed by atoms with van der Waals surface area (Å²) in [6, 6.07) is 5.36. The molecule has 2 rings (SSSR count). The molecule has 20 heavy (non-hydrogen) atoms. The first-order valence-electron chi connectivity index (χ1n) is 8.12. The molecule has 0 aromatic heterocycles. The molecule has 1 aliphatic rings. The van der Waals surface area contributed by atoms with Gasteiger partial charge in [0.2, 0.25) is 0 Å². The molecular formula is C18H30N2. The molecule has 0 bridgehead atoms. The Morgan fingerprint density at radius 3 is 2.20 bits per heavy atom. The lowest BCUT2D eigenvalue weighted by Crippen LogP contribution is -2.39. The number of hydrogen-bond donors (Lipinski definition) is 1. The van der Waals surface area contributed by atoms with E-state index < -0.39 is 0 Å². The molecule has 2 nitrogen and oxygen atoms in total. The van der Waals surface area contributed by atoms with Gasteiger partial charge in [0.1, 0.15) is 0 Å². The van der Waals surface area contributed by atoms with Crippen molar-refractivity contribution < 1.29 is 0 Å². The van der Waals surface area contributed by atoms with Crippen molar-refractivity contribution in [3.05, 3.63) is 34.4 Å². The maximum absolute atomic E-state index is 5.85. The maximum atomic E-state index is 5.85. The van der Waals surface area contributed by atoms with Gasteiger partial charge in [-0.3, -0.25) is 4.90 Å². The van der Waals surface area contributed by atoms with E-state index in [0.29, 0.717) is 0 Å². The van der Waals surface area contributed by atoms with Crippen molar-refractivity contribution in [3.63, 3.8) is 0 Å². The topological polar surface area (TPSA) is 29.3 Å². The van der Waals surface area contributed by atoms with Crippen molar-refractivity contribution >= 4 is 0 Å². The van der Waals surface area contributed by atoms with Gasteiger partial charge in [0, 0.05) is 25.7 Å². The molecule has 0 atom stereocenters. The zero-order valence-corrected chi connectivity index (χ0v) is 13.4. The highest BCUT2D eigenvalue weighted by Crippen LogP contribution is 2.26. The Hall–Kier alpha value is -0.860. The van der Waals surface area contributed by atoms with Crippen molar-refractivity contribution in [2.75, 3.05) is 13.1 Å². The molecule has 1 aromatic rings. The van der Waals surface area contributed by atoms with Gasteiger partial charge >= 0.3 is 0 Å². The average Bonchev–Trinajstić information content (AvgIpc) is 2.42. The van der Waals surface area contributed by atoms with Crippen LogP contribution in [0.25, 0.3) is 0 Å². The Morgan fingerprint density at radius 2 is 1.65 bits per heavy atom. The molecule has 0 unspecified atom stereocenters. The van der Waals surface area contributed by atoms with E-state index in [1.807, 2.05) is 0 Å². The van der Waals surface area contributed by atoms with Crippen LogP contribution >= 0.6 is 0 Å². The molecule has 0 spiro atoms. The highest BCUT2D eigenvalue weighted by atomic mass is 15.2. The van der Waals surface area contributed by atoms with Crippen LogP contribution in [0.3, 0.4) is 0 Å². The Labute approximate surface area is 124 Å². The summed E-state index contributed by atoms with van der Waals surface area (Å²) in [5, 5.41) is 0. The van der Waals surface area contributed by atoms with Crippen LogP contribution in [0, 0.1) is 20.8 Å². The number of aryl methyl sites for hydroxylation is 3. The number of hydrogen-bond acceptors (Lipinski definition) is 2. The fraction of sp³-hybridized carbons (Fsp3) is 0.667. The first-order valence-corrected chi connectivity index (χ1v) is 8.12. The first kappa shape index (κ1) is 15.5. The van der Waals surface area contributed by atoms with Crippen LogP contribution < -0.4 is 5.73 Å². The third-order valence-corrected chi connectivity index (χ3v) is 4.71. The number of rotatable bonds is 5. The second-order valence-corrected chi connectivity index (χ2v) is 6.43. The Kier molecular flexibility index (Phi) is 5.62. The molecule has 0 aliphatic heterocycles. The van der Waals surface area contributed by atoms with E-state index in [1.54, 1.807) is 0 Å². The average molecular weight is 274 g/mol. The van der Waals surface area contributed by atoms with E-state index in [2.05, 4.69) is 37.8 Å². The molecule has 1 saturated carbocycles. The number of benzene rings is 1. The number of nitrogens with two attached hydrogens (primary N) is 1. The third-order valence-electron chi connectivity index (χ3n) is 4.71. The Bertz CT molecular complexity index is 410. The standard InChI is InChI=1S/C18H30N2/c1-14-11-15(2)18(16(3)12-14)13-20(10-9-19)17-7-5-4-6-8-17/h11-12,17H,4-10,13,19H2,1-3H3. The van der Waals surface area contributed by atoms with E-state index in [9.17, 15) is 0 Å². The van der Waals surface area contributed by atoms with Crippen molar-refractivity contribution in [1.82, 2.24) is 4.90 Å². The molecule has 0 amide bonds. The van der Waals surface area contributed by atoms with Crippen molar-refractivity contribution in [2.24, 2.45) is 5.73 Å². The third kappa shape index (κ3) is 3.83. The summed E-state index contributed by atoms with van der Waals surface area (Å²) < 4.78 is 0. The minimum absolute atomic E-state index is 0.743. The molecule has 2 heteroatoms. The SMILES string of the molecule is Cc1cc(C)c(CN(CCN)C2CCCCC2)c(C)c1. The second-order valence-electron chi connectivity index (χ2n) is 6.43. The van der Waals surface area contributed by atoms with Gasteiger partial charge < -0.3 is 5.73 Å². The first-order chi connectivity index (χ1) is 9.61. The van der Waals surface area contributed by atoms with Crippen LogP contribution in [-0.2, 0) is 6.54 Å². The summed E-state index contributed by atoms with van der Waals surface area (Å²) in [5.41, 5.74) is 11.6. The zero-order valence-electron chi connectivity index (χ0n) is 13.4. The highest BCUT2D eigenvalue weighted by molar-refractivity contribution is 5.37. The van der Waals surface area contributed by atoms with E-state index in [1.165, 1.54) is 54.4 Å². The normalized spacial score (nSPS) is 16.9. The van der Waals surface area contributed by atoms with Gasteiger partial charge in [-0.05, 0) is 50.3 Å². The molecule has 0 radical (unpaired) electrons. The van der Waals surface area contributed by atoms with E-state index in [-0.39, 0.29) is 0 Å². The quantitative estimate of drug-likeness (QED) is 0.887. The fourth-order valence-electron chi connectivity index (χ4n) is 3.67. The second kappa shape index (κ2) is 7.24. The van der Waals surface area contributed by atoms with Crippen LogP contribution in [0.2, 0.25) is 0 Å². The Balaban J connectivity index is 2.15. The molecule has 1 aliphatic carbocycles. The summed E-state index contributed by atoms with van der Waals surface area (Å²) in [5.74, 6) is 0. The minimum atomic E-state index is 0.743. The smallest absolute Gasteiger partial charge is 0.0242 e. The minimum Gasteiger partial charge on any atom is -0.329 e. The van der Waals surface area contributed by atoms with Gasteiger partial charge in [0.15, 0.2) is 0 Å². The van der Waals surface area contributed by atoms with Gasteiger partial charge in [-0.15, -0.1) is 0 Å². The summed E-state index contributed by atoms with van der Waals surface area (Å²) in [6.45, 7) is 9.54. The molecule has 0 saturated heterocycles. The summed E-state index contributed by atoms with van der Waals surface area (Å²) in [7, 11) is 0. The molecule has 0 heterocycles. The van der Waals surface area contributed by atoms with E-state index in [4.69, 9.17) is 5.73 Å². The molecular weight excluding hydrogens is 244 g/mol. The predicted octanol–water partition coefficient (Wildman–Crippen LogP) is 3.71. The van der Waals surface area contributed by atoms with Crippen LogP contribution in [0.5, 0.6) is 0 Å². The lowest BCUT2D eigenvalue weighted by molar-refractivity contribution is 0.152. The van der Waals surface area contributed by atoms with Crippen LogP contribution in [0.15, 0.2) is 12.1 Å². The zero-order chi connectivity index (χ0) is 14.5.